The number of carbonyl (C=O) groups excluding carboxylic acids is 1. The zero-order valence-electron chi connectivity index (χ0n) is 8.88. The van der Waals surface area contributed by atoms with Crippen molar-refractivity contribution < 1.29 is 31.1 Å². The van der Waals surface area contributed by atoms with E-state index in [0.29, 0.717) is 12.2 Å². The third-order valence-corrected chi connectivity index (χ3v) is 2.36. The normalized spacial score (nSPS) is 23.6. The molecule has 0 spiro atoms. The molecule has 1 atom stereocenters. The average Bonchev–Trinajstić information content (AvgIpc) is 2.24. The van der Waals surface area contributed by atoms with Gasteiger partial charge in [-0.3, -0.25) is 4.79 Å². The van der Waals surface area contributed by atoms with Crippen LogP contribution >= 0.6 is 0 Å². The first-order valence-corrected chi connectivity index (χ1v) is 4.85. The minimum Gasteiger partial charge on any atom is -0.265 e. The van der Waals surface area contributed by atoms with E-state index < -0.39 is 35.6 Å². The fraction of sp³-hybridized carbons (Fsp3) is 0.300. The second-order valence-electron chi connectivity index (χ2n) is 3.74. The van der Waals surface area contributed by atoms with Crippen molar-refractivity contribution in [2.45, 2.75) is 12.4 Å². The van der Waals surface area contributed by atoms with Crippen molar-refractivity contribution in [3.05, 3.63) is 23.9 Å². The molecule has 1 amide bonds. The van der Waals surface area contributed by atoms with E-state index in [1.54, 1.807) is 0 Å². The van der Waals surface area contributed by atoms with E-state index in [1.807, 2.05) is 0 Å². The van der Waals surface area contributed by atoms with Crippen LogP contribution in [0.5, 0.6) is 0 Å². The summed E-state index contributed by atoms with van der Waals surface area (Å²) < 4.78 is 74.5. The van der Waals surface area contributed by atoms with Gasteiger partial charge >= 0.3 is 18.3 Å². The lowest BCUT2D eigenvalue weighted by molar-refractivity contribution is -0.149. The lowest BCUT2D eigenvalue weighted by Crippen LogP contribution is -2.34. The van der Waals surface area contributed by atoms with Crippen molar-refractivity contribution in [1.82, 2.24) is 0 Å². The fourth-order valence-corrected chi connectivity index (χ4v) is 1.50. The number of hydrogen-bond donors (Lipinski definition) is 0. The maximum Gasteiger partial charge on any atom is 0.438 e. The van der Waals surface area contributed by atoms with Crippen molar-refractivity contribution in [3.8, 4) is 0 Å². The van der Waals surface area contributed by atoms with E-state index in [-0.39, 0.29) is 5.71 Å². The van der Waals surface area contributed by atoms with E-state index >= 15 is 0 Å². The van der Waals surface area contributed by atoms with Crippen molar-refractivity contribution in [3.63, 3.8) is 0 Å². The first-order valence-electron chi connectivity index (χ1n) is 4.85. The van der Waals surface area contributed by atoms with Gasteiger partial charge in [0.05, 0.1) is 17.3 Å². The van der Waals surface area contributed by atoms with Gasteiger partial charge in [0, 0.05) is 0 Å². The monoisotopic (exact) mass is 282 g/mol. The fourth-order valence-electron chi connectivity index (χ4n) is 1.50. The molecule has 0 aromatic carbocycles. The number of allylic oxidation sites excluding steroid dienone is 3. The number of carbonyl (C=O) groups is 1. The van der Waals surface area contributed by atoms with Crippen LogP contribution in [0.15, 0.2) is 33.9 Å². The van der Waals surface area contributed by atoms with Gasteiger partial charge in [-0.25, -0.2) is 9.98 Å². The summed E-state index contributed by atoms with van der Waals surface area (Å²) in [6.07, 6.45) is -7.66. The van der Waals surface area contributed by atoms with Crippen molar-refractivity contribution in [1.29, 1.82) is 0 Å². The van der Waals surface area contributed by atoms with Crippen LogP contribution < -0.4 is 0 Å². The number of aliphatic imine (C=N–C) groups is 2. The summed E-state index contributed by atoms with van der Waals surface area (Å²) in [5, 5.41) is 0. The van der Waals surface area contributed by atoms with E-state index in [0.717, 1.165) is 6.08 Å². The minimum absolute atomic E-state index is 0.307. The van der Waals surface area contributed by atoms with Gasteiger partial charge in [-0.05, 0) is 12.2 Å². The van der Waals surface area contributed by atoms with Crippen LogP contribution in [0.4, 0.5) is 26.3 Å². The molecule has 1 heterocycles. The Bertz CT molecular complexity index is 549. The molecule has 1 aliphatic heterocycles. The SMILES string of the molecule is O=C1N=C2C=CC(C(F)(F)F)C=C2N=C1C(F)(F)F. The molecule has 0 saturated heterocycles. The number of amides is 1. The molecule has 19 heavy (non-hydrogen) atoms. The summed E-state index contributed by atoms with van der Waals surface area (Å²) in [4.78, 5) is 17.1. The highest BCUT2D eigenvalue weighted by atomic mass is 19.4. The molecular weight excluding hydrogens is 278 g/mol. The molecule has 102 valence electrons. The molecular formula is C10H4F6N2O. The Kier molecular flexibility index (Phi) is 2.87. The molecule has 2 aliphatic rings. The van der Waals surface area contributed by atoms with Gasteiger partial charge in [0.25, 0.3) is 0 Å². The molecule has 1 aliphatic carbocycles. The zero-order chi connectivity index (χ0) is 14.4. The number of alkyl halides is 6. The number of rotatable bonds is 0. The molecule has 0 radical (unpaired) electrons. The minimum atomic E-state index is -5.05. The van der Waals surface area contributed by atoms with Crippen LogP contribution in [0.1, 0.15) is 0 Å². The van der Waals surface area contributed by atoms with Crippen molar-refractivity contribution in [2.24, 2.45) is 15.9 Å². The van der Waals surface area contributed by atoms with Crippen LogP contribution in [-0.4, -0.2) is 29.7 Å². The van der Waals surface area contributed by atoms with Crippen LogP contribution in [0.3, 0.4) is 0 Å². The van der Waals surface area contributed by atoms with Gasteiger partial charge in [-0.15, -0.1) is 0 Å². The van der Waals surface area contributed by atoms with Gasteiger partial charge in [0.1, 0.15) is 0 Å². The number of fused-ring (bicyclic) bond motifs is 1. The largest absolute Gasteiger partial charge is 0.438 e. The average molecular weight is 282 g/mol. The Morgan fingerprint density at radius 2 is 1.68 bits per heavy atom. The second-order valence-corrected chi connectivity index (χ2v) is 3.74. The van der Waals surface area contributed by atoms with E-state index in [9.17, 15) is 31.1 Å². The first-order chi connectivity index (χ1) is 8.59. The zero-order valence-corrected chi connectivity index (χ0v) is 8.88. The van der Waals surface area contributed by atoms with E-state index in [4.69, 9.17) is 0 Å². The predicted molar refractivity (Wildman–Crippen MR) is 52.7 cm³/mol. The Labute approximate surface area is 102 Å². The van der Waals surface area contributed by atoms with Gasteiger partial charge in [0.15, 0.2) is 0 Å². The topological polar surface area (TPSA) is 41.8 Å². The Balaban J connectivity index is 2.43. The Morgan fingerprint density at radius 1 is 1.05 bits per heavy atom. The summed E-state index contributed by atoms with van der Waals surface area (Å²) in [6, 6.07) is 0. The van der Waals surface area contributed by atoms with E-state index in [2.05, 4.69) is 9.98 Å². The lowest BCUT2D eigenvalue weighted by atomic mass is 9.98. The van der Waals surface area contributed by atoms with Gasteiger partial charge in [-0.2, -0.15) is 26.3 Å². The molecule has 0 saturated carbocycles. The molecule has 1 unspecified atom stereocenters. The standard InChI is InChI=1S/C10H4F6N2O/c11-9(12,13)4-1-2-5-6(3-4)17-7(8(19)18-5)10(14,15)16/h1-4H. The maximum atomic E-state index is 12.4. The highest BCUT2D eigenvalue weighted by Crippen LogP contribution is 2.33. The summed E-state index contributed by atoms with van der Waals surface area (Å²) in [5.74, 6) is -3.66. The summed E-state index contributed by atoms with van der Waals surface area (Å²) in [7, 11) is 0. The molecule has 3 nitrogen and oxygen atoms in total. The molecule has 0 bridgehead atoms. The van der Waals surface area contributed by atoms with Crippen LogP contribution in [0.25, 0.3) is 0 Å². The van der Waals surface area contributed by atoms with Crippen LogP contribution in [0.2, 0.25) is 0 Å². The second kappa shape index (κ2) is 4.04. The van der Waals surface area contributed by atoms with Gasteiger partial charge in [0.2, 0.25) is 5.71 Å². The molecule has 2 rings (SSSR count). The molecule has 0 fully saturated rings. The summed E-state index contributed by atoms with van der Waals surface area (Å²) in [5.41, 5.74) is -2.73. The van der Waals surface area contributed by atoms with E-state index in [1.165, 1.54) is 0 Å². The number of halogens is 6. The highest BCUT2D eigenvalue weighted by molar-refractivity contribution is 6.46. The van der Waals surface area contributed by atoms with Gasteiger partial charge in [-0.1, -0.05) is 6.08 Å². The summed E-state index contributed by atoms with van der Waals surface area (Å²) >= 11 is 0. The predicted octanol–water partition coefficient (Wildman–Crippen LogP) is 2.60. The Morgan fingerprint density at radius 3 is 2.21 bits per heavy atom. The molecule has 0 aromatic rings. The smallest absolute Gasteiger partial charge is 0.265 e. The third kappa shape index (κ3) is 2.59. The summed E-state index contributed by atoms with van der Waals surface area (Å²) in [6.45, 7) is 0. The van der Waals surface area contributed by atoms with Crippen LogP contribution in [-0.2, 0) is 4.79 Å². The molecule has 0 N–H and O–H groups in total. The quantitative estimate of drug-likeness (QED) is 0.630. The van der Waals surface area contributed by atoms with Crippen molar-refractivity contribution >= 4 is 17.3 Å². The lowest BCUT2D eigenvalue weighted by Gasteiger charge is -2.20. The maximum absolute atomic E-state index is 12.4. The van der Waals surface area contributed by atoms with Gasteiger partial charge < -0.3 is 0 Å². The first kappa shape index (κ1) is 13.5. The highest BCUT2D eigenvalue weighted by Gasteiger charge is 2.44. The van der Waals surface area contributed by atoms with Crippen LogP contribution in [0, 0.1) is 5.92 Å². The van der Waals surface area contributed by atoms with Crippen molar-refractivity contribution in [2.75, 3.05) is 0 Å². The number of nitrogens with zero attached hydrogens (tertiary/aromatic N) is 2. The third-order valence-electron chi connectivity index (χ3n) is 2.36. The molecule has 9 heteroatoms. The number of hydrogen-bond acceptors (Lipinski definition) is 2. The Hall–Kier alpha value is -1.93. The molecule has 0 aromatic heterocycles.